The van der Waals surface area contributed by atoms with Crippen LogP contribution in [0.15, 0.2) is 0 Å². The minimum Gasteiger partial charge on any atom is -0.392 e. The minimum atomic E-state index is -0.175. The molecule has 1 aliphatic heterocycles. The number of aliphatic hydroxyl groups is 1. The van der Waals surface area contributed by atoms with Crippen LogP contribution in [-0.2, 0) is 0 Å². The predicted molar refractivity (Wildman–Crippen MR) is 45.4 cm³/mol. The molecule has 0 aliphatic carbocycles. The first-order chi connectivity index (χ1) is 4.70. The van der Waals surface area contributed by atoms with Crippen molar-refractivity contribution >= 4 is 11.8 Å². The topological polar surface area (TPSA) is 32.3 Å². The van der Waals surface area contributed by atoms with E-state index >= 15 is 0 Å². The fourth-order valence-electron chi connectivity index (χ4n) is 0.776. The smallest absolute Gasteiger partial charge is 0.0628 e. The second kappa shape index (κ2) is 3.60. The van der Waals surface area contributed by atoms with E-state index in [1.54, 1.807) is 0 Å². The van der Waals surface area contributed by atoms with E-state index in [9.17, 15) is 0 Å². The molecule has 1 aliphatic rings. The Labute approximate surface area is 66.4 Å². The lowest BCUT2D eigenvalue weighted by Gasteiger charge is -2.29. The van der Waals surface area contributed by atoms with Gasteiger partial charge in [-0.05, 0) is 6.92 Å². The van der Waals surface area contributed by atoms with Crippen LogP contribution < -0.4 is 5.32 Å². The van der Waals surface area contributed by atoms with Crippen LogP contribution in [0.4, 0.5) is 0 Å². The minimum absolute atomic E-state index is 0.175. The molecule has 3 heteroatoms. The zero-order valence-corrected chi connectivity index (χ0v) is 7.32. The fraction of sp³-hybridized carbons (Fsp3) is 1.00. The van der Waals surface area contributed by atoms with Gasteiger partial charge in [0.15, 0.2) is 0 Å². The summed E-state index contributed by atoms with van der Waals surface area (Å²) in [6.45, 7) is 6.15. The maximum absolute atomic E-state index is 9.15. The summed E-state index contributed by atoms with van der Waals surface area (Å²) < 4.78 is 0. The second-order valence-corrected chi connectivity index (χ2v) is 4.54. The standard InChI is InChI=1S/C7H15NOS/c1-5(9)6(2)10-7-3-8-4-7/h5-9H,3-4H2,1-2H3. The summed E-state index contributed by atoms with van der Waals surface area (Å²) in [4.78, 5) is 0. The highest BCUT2D eigenvalue weighted by Gasteiger charge is 2.21. The number of nitrogens with one attached hydrogen (secondary N) is 1. The van der Waals surface area contributed by atoms with Crippen molar-refractivity contribution in [2.45, 2.75) is 30.5 Å². The third kappa shape index (κ3) is 2.15. The number of hydrogen-bond donors (Lipinski definition) is 2. The normalized spacial score (nSPS) is 25.5. The van der Waals surface area contributed by atoms with E-state index in [0.717, 1.165) is 18.3 Å². The van der Waals surface area contributed by atoms with Gasteiger partial charge in [-0.1, -0.05) is 6.92 Å². The maximum Gasteiger partial charge on any atom is 0.0628 e. The molecule has 0 spiro atoms. The van der Waals surface area contributed by atoms with Gasteiger partial charge in [-0.15, -0.1) is 0 Å². The molecule has 2 nitrogen and oxygen atoms in total. The van der Waals surface area contributed by atoms with Crippen molar-refractivity contribution in [1.82, 2.24) is 5.32 Å². The van der Waals surface area contributed by atoms with Crippen molar-refractivity contribution in [2.75, 3.05) is 13.1 Å². The third-order valence-electron chi connectivity index (χ3n) is 1.83. The van der Waals surface area contributed by atoms with Gasteiger partial charge in [0, 0.05) is 23.6 Å². The van der Waals surface area contributed by atoms with Crippen LogP contribution in [-0.4, -0.2) is 34.8 Å². The molecule has 2 N–H and O–H groups in total. The number of thioether (sulfide) groups is 1. The van der Waals surface area contributed by atoms with Gasteiger partial charge in [-0.3, -0.25) is 0 Å². The average molecular weight is 161 g/mol. The first kappa shape index (κ1) is 8.37. The van der Waals surface area contributed by atoms with Crippen molar-refractivity contribution in [2.24, 2.45) is 0 Å². The van der Waals surface area contributed by atoms with Gasteiger partial charge < -0.3 is 10.4 Å². The van der Waals surface area contributed by atoms with Crippen LogP contribution >= 0.6 is 11.8 Å². The zero-order chi connectivity index (χ0) is 7.56. The quantitative estimate of drug-likeness (QED) is 0.631. The Balaban J connectivity index is 2.10. The van der Waals surface area contributed by atoms with E-state index in [1.165, 1.54) is 0 Å². The van der Waals surface area contributed by atoms with Gasteiger partial charge in [0.2, 0.25) is 0 Å². The Hall–Kier alpha value is 0.270. The molecule has 2 unspecified atom stereocenters. The molecule has 0 bridgehead atoms. The summed E-state index contributed by atoms with van der Waals surface area (Å²) in [5, 5.41) is 13.5. The molecule has 10 heavy (non-hydrogen) atoms. The first-order valence-corrected chi connectivity index (χ1v) is 4.68. The van der Waals surface area contributed by atoms with E-state index < -0.39 is 0 Å². The molecule has 0 aromatic carbocycles. The molecule has 1 fully saturated rings. The molecule has 0 saturated carbocycles. The summed E-state index contributed by atoms with van der Waals surface area (Å²) in [6.07, 6.45) is -0.175. The molecule has 0 aromatic rings. The monoisotopic (exact) mass is 161 g/mol. The molecule has 2 atom stereocenters. The van der Waals surface area contributed by atoms with E-state index in [2.05, 4.69) is 12.2 Å². The summed E-state index contributed by atoms with van der Waals surface area (Å²) in [7, 11) is 0. The van der Waals surface area contributed by atoms with Gasteiger partial charge in [-0.2, -0.15) is 11.8 Å². The Bertz CT molecular complexity index is 104. The average Bonchev–Trinajstić information content (AvgIpc) is 1.77. The van der Waals surface area contributed by atoms with Gasteiger partial charge in [0.05, 0.1) is 6.10 Å². The van der Waals surface area contributed by atoms with Crippen LogP contribution in [0.5, 0.6) is 0 Å². The molecule has 1 rings (SSSR count). The number of aliphatic hydroxyl groups excluding tert-OH is 1. The SMILES string of the molecule is CC(O)C(C)SC1CNC1. The van der Waals surface area contributed by atoms with Crippen LogP contribution in [0.3, 0.4) is 0 Å². The molecular weight excluding hydrogens is 146 g/mol. The molecular formula is C7H15NOS. The summed E-state index contributed by atoms with van der Waals surface area (Å²) in [5.41, 5.74) is 0. The Morgan fingerprint density at radius 1 is 1.50 bits per heavy atom. The lowest BCUT2D eigenvalue weighted by atomic mass is 10.3. The largest absolute Gasteiger partial charge is 0.392 e. The highest BCUT2D eigenvalue weighted by molar-refractivity contribution is 8.00. The molecule has 0 radical (unpaired) electrons. The lowest BCUT2D eigenvalue weighted by molar-refractivity contribution is 0.196. The fourth-order valence-corrected chi connectivity index (χ4v) is 2.04. The Morgan fingerprint density at radius 3 is 2.40 bits per heavy atom. The summed E-state index contributed by atoms with van der Waals surface area (Å²) in [5.74, 6) is 0. The Morgan fingerprint density at radius 2 is 2.10 bits per heavy atom. The third-order valence-corrected chi connectivity index (χ3v) is 3.37. The predicted octanol–water partition coefficient (Wildman–Crippen LogP) is 0.461. The van der Waals surface area contributed by atoms with Gasteiger partial charge >= 0.3 is 0 Å². The van der Waals surface area contributed by atoms with Gasteiger partial charge in [0.1, 0.15) is 0 Å². The highest BCUT2D eigenvalue weighted by atomic mass is 32.2. The lowest BCUT2D eigenvalue weighted by Crippen LogP contribution is -2.46. The van der Waals surface area contributed by atoms with Crippen LogP contribution in [0, 0.1) is 0 Å². The zero-order valence-electron chi connectivity index (χ0n) is 6.50. The number of hydrogen-bond acceptors (Lipinski definition) is 3. The van der Waals surface area contributed by atoms with Crippen molar-refractivity contribution in [3.63, 3.8) is 0 Å². The van der Waals surface area contributed by atoms with Crippen molar-refractivity contribution in [1.29, 1.82) is 0 Å². The second-order valence-electron chi connectivity index (χ2n) is 2.86. The Kier molecular flexibility index (Phi) is 3.01. The molecule has 0 amide bonds. The summed E-state index contributed by atoms with van der Waals surface area (Å²) >= 11 is 1.88. The molecule has 60 valence electrons. The van der Waals surface area contributed by atoms with Crippen LogP contribution in [0.25, 0.3) is 0 Å². The van der Waals surface area contributed by atoms with Crippen LogP contribution in [0.2, 0.25) is 0 Å². The molecule has 0 aromatic heterocycles. The first-order valence-electron chi connectivity index (χ1n) is 3.74. The van der Waals surface area contributed by atoms with Gasteiger partial charge in [0.25, 0.3) is 0 Å². The van der Waals surface area contributed by atoms with E-state index in [1.807, 2.05) is 18.7 Å². The van der Waals surface area contributed by atoms with Crippen molar-refractivity contribution in [3.8, 4) is 0 Å². The van der Waals surface area contributed by atoms with Crippen LogP contribution in [0.1, 0.15) is 13.8 Å². The van der Waals surface area contributed by atoms with Crippen molar-refractivity contribution in [3.05, 3.63) is 0 Å². The number of rotatable bonds is 3. The summed E-state index contributed by atoms with van der Waals surface area (Å²) in [6, 6.07) is 0. The van der Waals surface area contributed by atoms with E-state index in [0.29, 0.717) is 5.25 Å². The van der Waals surface area contributed by atoms with Crippen molar-refractivity contribution < 1.29 is 5.11 Å². The van der Waals surface area contributed by atoms with E-state index in [-0.39, 0.29) is 6.10 Å². The highest BCUT2D eigenvalue weighted by Crippen LogP contribution is 2.22. The molecule has 1 saturated heterocycles. The maximum atomic E-state index is 9.15. The van der Waals surface area contributed by atoms with E-state index in [4.69, 9.17) is 5.11 Å². The van der Waals surface area contributed by atoms with Gasteiger partial charge in [-0.25, -0.2) is 0 Å². The molecule has 1 heterocycles.